The minimum atomic E-state index is -2.82. The Hall–Kier alpha value is -0.870. The number of unbranched alkanes of at least 4 members (excludes halogenated alkanes) is 1. The van der Waals surface area contributed by atoms with Crippen molar-refractivity contribution in [2.45, 2.75) is 32.2 Å². The Labute approximate surface area is 104 Å². The molecule has 0 amide bonds. The molecule has 4 heteroatoms. The molecule has 1 aromatic carbocycles. The summed E-state index contributed by atoms with van der Waals surface area (Å²) < 4.78 is 22.6. The number of benzene rings is 1. The van der Waals surface area contributed by atoms with E-state index in [0.29, 0.717) is 6.42 Å². The molecule has 1 atom stereocenters. The van der Waals surface area contributed by atoms with Crippen LogP contribution >= 0.6 is 0 Å². The average Bonchev–Trinajstić information content (AvgIpc) is 2.35. The fourth-order valence-electron chi connectivity index (χ4n) is 1.70. The lowest BCUT2D eigenvalue weighted by Gasteiger charge is -2.11. The molecule has 0 heterocycles. The molecule has 0 saturated carbocycles. The van der Waals surface area contributed by atoms with Crippen LogP contribution in [-0.4, -0.2) is 19.9 Å². The van der Waals surface area contributed by atoms with Gasteiger partial charge in [-0.05, 0) is 18.4 Å². The molecular weight excluding hydrogens is 234 g/mol. The van der Waals surface area contributed by atoms with Gasteiger partial charge in [0.2, 0.25) is 0 Å². The Morgan fingerprint density at radius 2 is 1.82 bits per heavy atom. The van der Waals surface area contributed by atoms with Gasteiger partial charge in [-0.15, -0.1) is 0 Å². The van der Waals surface area contributed by atoms with Crippen molar-refractivity contribution in [3.05, 3.63) is 35.9 Å². The van der Waals surface area contributed by atoms with E-state index in [2.05, 4.69) is 0 Å². The standard InChI is InChI=1S/C13H21NO2S/c1-2-17(15,16)11-7-6-10-13(14)12-8-4-3-5-9-12/h3-5,8-9,13H,2,6-7,10-11,14H2,1H3. The van der Waals surface area contributed by atoms with Crippen molar-refractivity contribution >= 4 is 9.84 Å². The summed E-state index contributed by atoms with van der Waals surface area (Å²) in [4.78, 5) is 0. The lowest BCUT2D eigenvalue weighted by molar-refractivity contribution is 0.577. The quantitative estimate of drug-likeness (QED) is 0.760. The molecule has 0 bridgehead atoms. The summed E-state index contributed by atoms with van der Waals surface area (Å²) in [5, 5.41) is 0. The second-order valence-corrected chi connectivity index (χ2v) is 6.72. The molecule has 0 aliphatic carbocycles. The average molecular weight is 255 g/mol. The molecule has 0 aromatic heterocycles. The summed E-state index contributed by atoms with van der Waals surface area (Å²) in [6.07, 6.45) is 2.40. The Balaban J connectivity index is 2.28. The summed E-state index contributed by atoms with van der Waals surface area (Å²) in [5.74, 6) is 0.517. The molecule has 0 spiro atoms. The van der Waals surface area contributed by atoms with Crippen LogP contribution in [0.4, 0.5) is 0 Å². The summed E-state index contributed by atoms with van der Waals surface area (Å²) in [5.41, 5.74) is 7.14. The van der Waals surface area contributed by atoms with Crippen molar-refractivity contribution in [3.63, 3.8) is 0 Å². The molecule has 0 radical (unpaired) electrons. The van der Waals surface area contributed by atoms with Crippen LogP contribution in [0.15, 0.2) is 30.3 Å². The maximum atomic E-state index is 11.3. The van der Waals surface area contributed by atoms with Gasteiger partial charge < -0.3 is 5.73 Å². The lowest BCUT2D eigenvalue weighted by Crippen LogP contribution is -2.12. The highest BCUT2D eigenvalue weighted by atomic mass is 32.2. The zero-order valence-corrected chi connectivity index (χ0v) is 11.1. The van der Waals surface area contributed by atoms with Crippen molar-refractivity contribution in [3.8, 4) is 0 Å². The molecule has 0 aliphatic heterocycles. The lowest BCUT2D eigenvalue weighted by atomic mass is 10.0. The molecule has 1 unspecified atom stereocenters. The van der Waals surface area contributed by atoms with Crippen LogP contribution in [0, 0.1) is 0 Å². The molecule has 2 N–H and O–H groups in total. The van der Waals surface area contributed by atoms with Crippen molar-refractivity contribution in [1.82, 2.24) is 0 Å². The van der Waals surface area contributed by atoms with E-state index in [1.54, 1.807) is 6.92 Å². The number of rotatable bonds is 7. The van der Waals surface area contributed by atoms with E-state index in [0.717, 1.165) is 18.4 Å². The smallest absolute Gasteiger partial charge is 0.150 e. The molecular formula is C13H21NO2S. The first kappa shape index (κ1) is 14.2. The highest BCUT2D eigenvalue weighted by molar-refractivity contribution is 7.91. The van der Waals surface area contributed by atoms with Crippen LogP contribution in [0.5, 0.6) is 0 Å². The van der Waals surface area contributed by atoms with Gasteiger partial charge in [0.05, 0.1) is 5.75 Å². The largest absolute Gasteiger partial charge is 0.324 e. The molecule has 0 saturated heterocycles. The first-order valence-corrected chi connectivity index (χ1v) is 7.88. The minimum Gasteiger partial charge on any atom is -0.324 e. The predicted octanol–water partition coefficient (Wildman–Crippen LogP) is 2.29. The fourth-order valence-corrected chi connectivity index (χ4v) is 2.63. The normalized spacial score (nSPS) is 13.5. The topological polar surface area (TPSA) is 60.2 Å². The molecule has 17 heavy (non-hydrogen) atoms. The minimum absolute atomic E-state index is 0.0144. The Kier molecular flexibility index (Phi) is 5.65. The monoisotopic (exact) mass is 255 g/mol. The van der Waals surface area contributed by atoms with E-state index in [1.807, 2.05) is 30.3 Å². The zero-order chi connectivity index (χ0) is 12.7. The molecule has 96 valence electrons. The molecule has 3 nitrogen and oxygen atoms in total. The third-order valence-corrected chi connectivity index (χ3v) is 4.68. The summed E-state index contributed by atoms with van der Waals surface area (Å²) >= 11 is 0. The van der Waals surface area contributed by atoms with Gasteiger partial charge in [0, 0.05) is 11.8 Å². The Morgan fingerprint density at radius 3 is 2.41 bits per heavy atom. The summed E-state index contributed by atoms with van der Waals surface area (Å²) in [6, 6.07) is 9.93. The summed E-state index contributed by atoms with van der Waals surface area (Å²) in [7, 11) is -2.82. The summed E-state index contributed by atoms with van der Waals surface area (Å²) in [6.45, 7) is 1.69. The number of hydrogen-bond acceptors (Lipinski definition) is 3. The Bertz CT molecular complexity index is 414. The van der Waals surface area contributed by atoms with E-state index < -0.39 is 9.84 Å². The van der Waals surface area contributed by atoms with E-state index in [4.69, 9.17) is 5.73 Å². The third kappa shape index (κ3) is 5.33. The second kappa shape index (κ2) is 6.77. The van der Waals surface area contributed by atoms with Gasteiger partial charge in [0.15, 0.2) is 0 Å². The predicted molar refractivity (Wildman–Crippen MR) is 71.5 cm³/mol. The first-order chi connectivity index (χ1) is 8.05. The molecule has 1 rings (SSSR count). The molecule has 0 fully saturated rings. The highest BCUT2D eigenvalue weighted by Crippen LogP contribution is 2.16. The second-order valence-electron chi connectivity index (χ2n) is 4.25. The maximum Gasteiger partial charge on any atom is 0.150 e. The maximum absolute atomic E-state index is 11.3. The van der Waals surface area contributed by atoms with Crippen molar-refractivity contribution < 1.29 is 8.42 Å². The number of hydrogen-bond donors (Lipinski definition) is 1. The van der Waals surface area contributed by atoms with Crippen LogP contribution in [0.25, 0.3) is 0 Å². The van der Waals surface area contributed by atoms with Crippen LogP contribution < -0.4 is 5.73 Å². The van der Waals surface area contributed by atoms with E-state index in [1.165, 1.54) is 0 Å². The molecule has 1 aromatic rings. The van der Waals surface area contributed by atoms with E-state index in [-0.39, 0.29) is 17.5 Å². The van der Waals surface area contributed by atoms with Gasteiger partial charge in [-0.3, -0.25) is 0 Å². The van der Waals surface area contributed by atoms with Gasteiger partial charge >= 0.3 is 0 Å². The first-order valence-electron chi connectivity index (χ1n) is 6.06. The van der Waals surface area contributed by atoms with Crippen LogP contribution in [0.2, 0.25) is 0 Å². The van der Waals surface area contributed by atoms with Gasteiger partial charge in [-0.2, -0.15) is 0 Å². The SMILES string of the molecule is CCS(=O)(=O)CCCCC(N)c1ccccc1. The van der Waals surface area contributed by atoms with Gasteiger partial charge in [-0.25, -0.2) is 8.42 Å². The van der Waals surface area contributed by atoms with Crippen LogP contribution in [0.1, 0.15) is 37.8 Å². The van der Waals surface area contributed by atoms with Crippen LogP contribution in [-0.2, 0) is 9.84 Å². The third-order valence-electron chi connectivity index (χ3n) is 2.89. The van der Waals surface area contributed by atoms with Gasteiger partial charge in [0.25, 0.3) is 0 Å². The highest BCUT2D eigenvalue weighted by Gasteiger charge is 2.08. The van der Waals surface area contributed by atoms with Gasteiger partial charge in [0.1, 0.15) is 9.84 Å². The van der Waals surface area contributed by atoms with E-state index >= 15 is 0 Å². The molecule has 0 aliphatic rings. The van der Waals surface area contributed by atoms with E-state index in [9.17, 15) is 8.42 Å². The zero-order valence-electron chi connectivity index (χ0n) is 10.3. The number of nitrogens with two attached hydrogens (primary N) is 1. The van der Waals surface area contributed by atoms with Crippen LogP contribution in [0.3, 0.4) is 0 Å². The fraction of sp³-hybridized carbons (Fsp3) is 0.538. The van der Waals surface area contributed by atoms with Crippen molar-refractivity contribution in [1.29, 1.82) is 0 Å². The Morgan fingerprint density at radius 1 is 1.18 bits per heavy atom. The number of sulfone groups is 1. The van der Waals surface area contributed by atoms with Crippen molar-refractivity contribution in [2.24, 2.45) is 5.73 Å². The van der Waals surface area contributed by atoms with Gasteiger partial charge in [-0.1, -0.05) is 43.7 Å². The van der Waals surface area contributed by atoms with Crippen molar-refractivity contribution in [2.75, 3.05) is 11.5 Å².